The maximum atomic E-state index is 12.5. The number of alkyl halides is 2. The summed E-state index contributed by atoms with van der Waals surface area (Å²) in [4.78, 5) is 37.7. The first-order valence-corrected chi connectivity index (χ1v) is 9.89. The van der Waals surface area contributed by atoms with Gasteiger partial charge in [0, 0.05) is 11.3 Å². The van der Waals surface area contributed by atoms with Crippen LogP contribution in [0.1, 0.15) is 31.2 Å². The topological polar surface area (TPSA) is 93.7 Å². The molecule has 0 radical (unpaired) electrons. The predicted molar refractivity (Wildman–Crippen MR) is 101 cm³/mol. The summed E-state index contributed by atoms with van der Waals surface area (Å²) in [5.41, 5.74) is -0.649. The molecule has 1 saturated carbocycles. The first kappa shape index (κ1) is 20.0. The van der Waals surface area contributed by atoms with Gasteiger partial charge in [-0.2, -0.15) is 0 Å². The molecule has 0 aromatic carbocycles. The van der Waals surface area contributed by atoms with Crippen molar-refractivity contribution < 1.29 is 23.9 Å². The molecule has 27 heavy (non-hydrogen) atoms. The van der Waals surface area contributed by atoms with Gasteiger partial charge in [0.1, 0.15) is 16.4 Å². The molecule has 146 valence electrons. The number of halogens is 2. The van der Waals surface area contributed by atoms with E-state index in [2.05, 4.69) is 10.6 Å². The van der Waals surface area contributed by atoms with Crippen LogP contribution in [0.2, 0.25) is 0 Å². The Balaban J connectivity index is 1.87. The van der Waals surface area contributed by atoms with Crippen LogP contribution in [0.4, 0.5) is 4.79 Å². The van der Waals surface area contributed by atoms with Gasteiger partial charge < -0.3 is 20.1 Å². The molecule has 2 N–H and O–H groups in total. The van der Waals surface area contributed by atoms with Crippen molar-refractivity contribution in [2.45, 2.75) is 30.6 Å². The number of hydrogen-bond donors (Lipinski definition) is 2. The molecule has 1 aromatic heterocycles. The van der Waals surface area contributed by atoms with Crippen LogP contribution >= 0.6 is 34.5 Å². The number of rotatable bonds is 6. The molecular formula is C17H18Cl2N2O5S. The van der Waals surface area contributed by atoms with Gasteiger partial charge in [-0.1, -0.05) is 6.07 Å². The Hall–Kier alpha value is -1.77. The molecule has 7 nitrogen and oxygen atoms in total. The average Bonchev–Trinajstić information content (AvgIpc) is 2.97. The zero-order valence-electron chi connectivity index (χ0n) is 14.6. The van der Waals surface area contributed by atoms with E-state index in [0.717, 1.165) is 4.88 Å². The second-order valence-corrected chi connectivity index (χ2v) is 8.91. The van der Waals surface area contributed by atoms with Gasteiger partial charge >= 0.3 is 18.0 Å². The van der Waals surface area contributed by atoms with Crippen LogP contribution in [0, 0.1) is 5.41 Å². The number of esters is 2. The minimum absolute atomic E-state index is 0.166. The Morgan fingerprint density at radius 1 is 1.37 bits per heavy atom. The van der Waals surface area contributed by atoms with E-state index in [0.29, 0.717) is 0 Å². The van der Waals surface area contributed by atoms with Crippen LogP contribution in [0.3, 0.4) is 0 Å². The minimum atomic E-state index is -1.17. The molecular weight excluding hydrogens is 415 g/mol. The van der Waals surface area contributed by atoms with E-state index in [9.17, 15) is 14.4 Å². The van der Waals surface area contributed by atoms with Crippen LogP contribution in [0.5, 0.6) is 0 Å². The Kier molecular flexibility index (Phi) is 5.42. The first-order chi connectivity index (χ1) is 12.7. The van der Waals surface area contributed by atoms with Gasteiger partial charge in [-0.3, -0.25) is 4.79 Å². The highest BCUT2D eigenvalue weighted by Gasteiger charge is 2.69. The van der Waals surface area contributed by atoms with Crippen LogP contribution in [0.25, 0.3) is 0 Å². The largest absolute Gasteiger partial charge is 0.463 e. The molecule has 1 aliphatic heterocycles. The minimum Gasteiger partial charge on any atom is -0.463 e. The number of nitrogens with one attached hydrogen (secondary N) is 2. The molecule has 0 bridgehead atoms. The third-order valence-corrected chi connectivity index (χ3v) is 6.57. The fourth-order valence-corrected chi connectivity index (χ4v) is 4.24. The van der Waals surface area contributed by atoms with Crippen molar-refractivity contribution in [3.63, 3.8) is 0 Å². The SMILES string of the molecule is CCOC(=O)C1=C(COC(=O)C2(C)CC2(Cl)Cl)NC(=O)NC1c1cccs1. The maximum Gasteiger partial charge on any atom is 0.338 e. The van der Waals surface area contributed by atoms with Gasteiger partial charge in [-0.15, -0.1) is 34.5 Å². The Morgan fingerprint density at radius 3 is 2.63 bits per heavy atom. The molecule has 1 aliphatic carbocycles. The van der Waals surface area contributed by atoms with Gasteiger partial charge in [-0.05, 0) is 25.3 Å². The summed E-state index contributed by atoms with van der Waals surface area (Å²) in [7, 11) is 0. The van der Waals surface area contributed by atoms with Crippen LogP contribution < -0.4 is 10.6 Å². The van der Waals surface area contributed by atoms with E-state index in [-0.39, 0.29) is 30.9 Å². The third kappa shape index (κ3) is 3.79. The average molecular weight is 433 g/mol. The van der Waals surface area contributed by atoms with E-state index in [1.165, 1.54) is 11.3 Å². The molecule has 1 aromatic rings. The highest BCUT2D eigenvalue weighted by atomic mass is 35.5. The predicted octanol–water partition coefficient (Wildman–Crippen LogP) is 3.05. The lowest BCUT2D eigenvalue weighted by atomic mass is 10.0. The second kappa shape index (κ2) is 7.33. The summed E-state index contributed by atoms with van der Waals surface area (Å²) >= 11 is 13.4. The fourth-order valence-electron chi connectivity index (χ4n) is 2.77. The van der Waals surface area contributed by atoms with Crippen molar-refractivity contribution >= 4 is 52.5 Å². The number of hydrogen-bond acceptors (Lipinski definition) is 6. The van der Waals surface area contributed by atoms with Crippen molar-refractivity contribution in [2.24, 2.45) is 5.41 Å². The molecule has 3 rings (SSSR count). The van der Waals surface area contributed by atoms with Crippen LogP contribution in [-0.4, -0.2) is 35.5 Å². The highest BCUT2D eigenvalue weighted by Crippen LogP contribution is 2.64. The fraction of sp³-hybridized carbons (Fsp3) is 0.471. The van der Waals surface area contributed by atoms with E-state index >= 15 is 0 Å². The second-order valence-electron chi connectivity index (χ2n) is 6.45. The van der Waals surface area contributed by atoms with Crippen LogP contribution in [0.15, 0.2) is 28.8 Å². The summed E-state index contributed by atoms with van der Waals surface area (Å²) in [5.74, 6) is -1.19. The normalized spacial score (nSPS) is 26.1. The Labute approximate surface area is 170 Å². The van der Waals surface area contributed by atoms with E-state index in [1.807, 2.05) is 11.4 Å². The third-order valence-electron chi connectivity index (χ3n) is 4.53. The van der Waals surface area contributed by atoms with E-state index in [4.69, 9.17) is 32.7 Å². The smallest absolute Gasteiger partial charge is 0.338 e. The number of ether oxygens (including phenoxy) is 2. The molecule has 1 fully saturated rings. The quantitative estimate of drug-likeness (QED) is 0.532. The molecule has 2 amide bonds. The van der Waals surface area contributed by atoms with Crippen molar-refractivity contribution in [2.75, 3.05) is 13.2 Å². The maximum absolute atomic E-state index is 12.5. The Morgan fingerprint density at radius 2 is 2.07 bits per heavy atom. The lowest BCUT2D eigenvalue weighted by molar-refractivity contribution is -0.149. The number of amides is 2. The first-order valence-electron chi connectivity index (χ1n) is 8.25. The molecule has 0 saturated heterocycles. The summed E-state index contributed by atoms with van der Waals surface area (Å²) < 4.78 is 9.27. The van der Waals surface area contributed by atoms with Gasteiger partial charge in [0.15, 0.2) is 0 Å². The van der Waals surface area contributed by atoms with Crippen LogP contribution in [-0.2, 0) is 19.1 Å². The summed E-state index contributed by atoms with van der Waals surface area (Å²) in [6, 6.07) is 2.41. The standard InChI is InChI=1S/C17H18Cl2N2O5S/c1-3-25-13(22)11-9(7-26-14(23)16(2)8-17(16,18)19)20-15(24)21-12(11)10-5-4-6-27-10/h4-6,12H,3,7-8H2,1-2H3,(H2,20,21,24). The van der Waals surface area contributed by atoms with Crippen molar-refractivity contribution in [1.29, 1.82) is 0 Å². The lowest BCUT2D eigenvalue weighted by Gasteiger charge is -2.28. The summed E-state index contributed by atoms with van der Waals surface area (Å²) in [5, 5.41) is 7.07. The van der Waals surface area contributed by atoms with Gasteiger partial charge in [0.05, 0.1) is 23.9 Å². The molecule has 2 aliphatic rings. The summed E-state index contributed by atoms with van der Waals surface area (Å²) in [6.07, 6.45) is 0.275. The monoisotopic (exact) mass is 432 g/mol. The summed E-state index contributed by atoms with van der Waals surface area (Å²) in [6.45, 7) is 3.15. The highest BCUT2D eigenvalue weighted by molar-refractivity contribution is 7.10. The number of urea groups is 1. The Bertz CT molecular complexity index is 808. The zero-order chi connectivity index (χ0) is 19.8. The zero-order valence-corrected chi connectivity index (χ0v) is 17.0. The number of carbonyl (C=O) groups is 3. The van der Waals surface area contributed by atoms with Crippen molar-refractivity contribution in [1.82, 2.24) is 10.6 Å². The van der Waals surface area contributed by atoms with E-state index in [1.54, 1.807) is 19.9 Å². The molecule has 2 unspecified atom stereocenters. The van der Waals surface area contributed by atoms with Crippen molar-refractivity contribution in [3.05, 3.63) is 33.7 Å². The van der Waals surface area contributed by atoms with E-state index < -0.39 is 33.8 Å². The molecule has 10 heteroatoms. The van der Waals surface area contributed by atoms with Crippen molar-refractivity contribution in [3.8, 4) is 0 Å². The van der Waals surface area contributed by atoms with Gasteiger partial charge in [-0.25, -0.2) is 9.59 Å². The van der Waals surface area contributed by atoms with Gasteiger partial charge in [0.25, 0.3) is 0 Å². The number of carbonyl (C=O) groups excluding carboxylic acids is 3. The molecule has 2 atom stereocenters. The lowest BCUT2D eigenvalue weighted by Crippen LogP contribution is -2.47. The molecule has 2 heterocycles. The van der Waals surface area contributed by atoms with Gasteiger partial charge in [0.2, 0.25) is 0 Å². The number of thiophene rings is 1. The molecule has 0 spiro atoms.